The summed E-state index contributed by atoms with van der Waals surface area (Å²) in [4.78, 5) is 0. The van der Waals surface area contributed by atoms with E-state index in [1.807, 2.05) is 0 Å². The Morgan fingerprint density at radius 2 is 2.00 bits per heavy atom. The zero-order chi connectivity index (χ0) is 12.8. The van der Waals surface area contributed by atoms with Gasteiger partial charge in [0.2, 0.25) is 0 Å². The predicted molar refractivity (Wildman–Crippen MR) is 75.9 cm³/mol. The average molecular weight is 247 g/mol. The van der Waals surface area contributed by atoms with E-state index in [1.165, 1.54) is 18.4 Å². The van der Waals surface area contributed by atoms with Crippen LogP contribution in [0.2, 0.25) is 0 Å². The van der Waals surface area contributed by atoms with E-state index in [0.717, 1.165) is 19.4 Å². The van der Waals surface area contributed by atoms with Gasteiger partial charge in [-0.05, 0) is 44.2 Å². The minimum Gasteiger partial charge on any atom is -0.377 e. The van der Waals surface area contributed by atoms with Crippen molar-refractivity contribution in [2.75, 3.05) is 13.7 Å². The third kappa shape index (κ3) is 3.33. The van der Waals surface area contributed by atoms with Crippen LogP contribution in [0.15, 0.2) is 30.3 Å². The molecule has 0 bridgehead atoms. The predicted octanol–water partition coefficient (Wildman–Crippen LogP) is 3.34. The monoisotopic (exact) mass is 247 g/mol. The van der Waals surface area contributed by atoms with Crippen LogP contribution in [0.5, 0.6) is 0 Å². The number of rotatable bonds is 5. The molecule has 2 rings (SSSR count). The Morgan fingerprint density at radius 3 is 2.67 bits per heavy atom. The lowest BCUT2D eigenvalue weighted by atomic mass is 9.80. The number of benzene rings is 1. The summed E-state index contributed by atoms with van der Waals surface area (Å²) in [6.45, 7) is 3.05. The standard InChI is InChI=1S/C16H25NO/c1-3-11-18-16-12-14(9-10-15(16)17-2)13-7-5-4-6-8-13/h4-8,14-17H,3,9-12H2,1-2H3. The summed E-state index contributed by atoms with van der Waals surface area (Å²) in [5, 5.41) is 3.41. The molecule has 3 atom stereocenters. The van der Waals surface area contributed by atoms with Gasteiger partial charge < -0.3 is 10.1 Å². The molecule has 18 heavy (non-hydrogen) atoms. The maximum absolute atomic E-state index is 6.02. The average Bonchev–Trinajstić information content (AvgIpc) is 2.45. The third-order valence-corrected chi connectivity index (χ3v) is 3.97. The van der Waals surface area contributed by atoms with Crippen molar-refractivity contribution in [1.82, 2.24) is 5.32 Å². The van der Waals surface area contributed by atoms with Gasteiger partial charge in [0.15, 0.2) is 0 Å². The van der Waals surface area contributed by atoms with E-state index in [2.05, 4.69) is 49.6 Å². The van der Waals surface area contributed by atoms with Crippen LogP contribution in [-0.2, 0) is 4.74 Å². The van der Waals surface area contributed by atoms with Crippen molar-refractivity contribution >= 4 is 0 Å². The second-order valence-corrected chi connectivity index (χ2v) is 5.23. The minimum absolute atomic E-state index is 0.369. The lowest BCUT2D eigenvalue weighted by molar-refractivity contribution is 0.00184. The van der Waals surface area contributed by atoms with Crippen LogP contribution in [-0.4, -0.2) is 25.8 Å². The second-order valence-electron chi connectivity index (χ2n) is 5.23. The topological polar surface area (TPSA) is 21.3 Å². The van der Waals surface area contributed by atoms with Crippen LogP contribution < -0.4 is 5.32 Å². The molecule has 0 saturated heterocycles. The van der Waals surface area contributed by atoms with Crippen LogP contribution >= 0.6 is 0 Å². The van der Waals surface area contributed by atoms with Gasteiger partial charge in [0.05, 0.1) is 6.10 Å². The molecule has 0 heterocycles. The Bertz CT molecular complexity index is 338. The largest absolute Gasteiger partial charge is 0.377 e. The zero-order valence-electron chi connectivity index (χ0n) is 11.6. The molecule has 0 radical (unpaired) electrons. The number of nitrogens with one attached hydrogen (secondary N) is 1. The first-order valence-corrected chi connectivity index (χ1v) is 7.19. The highest BCUT2D eigenvalue weighted by Gasteiger charge is 2.30. The van der Waals surface area contributed by atoms with Crippen molar-refractivity contribution in [3.63, 3.8) is 0 Å². The molecule has 2 heteroatoms. The molecule has 1 aromatic carbocycles. The first-order valence-electron chi connectivity index (χ1n) is 7.19. The van der Waals surface area contributed by atoms with Gasteiger partial charge in [-0.15, -0.1) is 0 Å². The van der Waals surface area contributed by atoms with Crippen molar-refractivity contribution in [2.45, 2.75) is 50.7 Å². The van der Waals surface area contributed by atoms with Gasteiger partial charge >= 0.3 is 0 Å². The summed E-state index contributed by atoms with van der Waals surface area (Å²) in [5.41, 5.74) is 1.47. The van der Waals surface area contributed by atoms with Crippen LogP contribution in [0, 0.1) is 0 Å². The highest BCUT2D eigenvalue weighted by molar-refractivity contribution is 5.20. The Morgan fingerprint density at radius 1 is 1.22 bits per heavy atom. The number of hydrogen-bond donors (Lipinski definition) is 1. The molecule has 1 N–H and O–H groups in total. The number of hydrogen-bond acceptors (Lipinski definition) is 2. The molecule has 1 aromatic rings. The fourth-order valence-corrected chi connectivity index (χ4v) is 2.94. The van der Waals surface area contributed by atoms with E-state index in [4.69, 9.17) is 4.74 Å². The van der Waals surface area contributed by atoms with Crippen molar-refractivity contribution < 1.29 is 4.74 Å². The lowest BCUT2D eigenvalue weighted by Gasteiger charge is -2.36. The molecule has 0 aliphatic heterocycles. The van der Waals surface area contributed by atoms with Crippen LogP contribution in [0.1, 0.15) is 44.1 Å². The number of ether oxygens (including phenoxy) is 1. The summed E-state index contributed by atoms with van der Waals surface area (Å²) < 4.78 is 6.02. The smallest absolute Gasteiger partial charge is 0.0733 e. The second kappa shape index (κ2) is 6.91. The molecule has 2 nitrogen and oxygen atoms in total. The summed E-state index contributed by atoms with van der Waals surface area (Å²) in [5.74, 6) is 0.664. The summed E-state index contributed by atoms with van der Waals surface area (Å²) in [7, 11) is 2.05. The van der Waals surface area contributed by atoms with E-state index in [1.54, 1.807) is 0 Å². The minimum atomic E-state index is 0.369. The molecule has 3 unspecified atom stereocenters. The van der Waals surface area contributed by atoms with Gasteiger partial charge in [-0.1, -0.05) is 37.3 Å². The zero-order valence-corrected chi connectivity index (χ0v) is 11.6. The van der Waals surface area contributed by atoms with E-state index >= 15 is 0 Å². The maximum Gasteiger partial charge on any atom is 0.0733 e. The molecule has 1 fully saturated rings. The Labute approximate surface area is 111 Å². The fourth-order valence-electron chi connectivity index (χ4n) is 2.94. The fraction of sp³-hybridized carbons (Fsp3) is 0.625. The van der Waals surface area contributed by atoms with E-state index < -0.39 is 0 Å². The Hall–Kier alpha value is -0.860. The van der Waals surface area contributed by atoms with Crippen molar-refractivity contribution in [1.29, 1.82) is 0 Å². The molecule has 0 spiro atoms. The maximum atomic E-state index is 6.02. The van der Waals surface area contributed by atoms with Gasteiger partial charge in [0, 0.05) is 12.6 Å². The van der Waals surface area contributed by atoms with Gasteiger partial charge in [-0.25, -0.2) is 0 Å². The Kier molecular flexibility index (Phi) is 5.21. The molecule has 1 aliphatic rings. The van der Waals surface area contributed by atoms with E-state index in [0.29, 0.717) is 18.1 Å². The Balaban J connectivity index is 2.00. The lowest BCUT2D eigenvalue weighted by Crippen LogP contribution is -2.43. The summed E-state index contributed by atoms with van der Waals surface area (Å²) in [6, 6.07) is 11.4. The van der Waals surface area contributed by atoms with Crippen molar-refractivity contribution in [3.8, 4) is 0 Å². The van der Waals surface area contributed by atoms with E-state index in [-0.39, 0.29) is 0 Å². The molecule has 1 saturated carbocycles. The van der Waals surface area contributed by atoms with Gasteiger partial charge in [-0.3, -0.25) is 0 Å². The molecular formula is C16H25NO. The van der Waals surface area contributed by atoms with Crippen LogP contribution in [0.3, 0.4) is 0 Å². The highest BCUT2D eigenvalue weighted by Crippen LogP contribution is 2.34. The first kappa shape index (κ1) is 13.6. The normalized spacial score (nSPS) is 28.2. The molecular weight excluding hydrogens is 222 g/mol. The summed E-state index contributed by atoms with van der Waals surface area (Å²) >= 11 is 0. The van der Waals surface area contributed by atoms with Crippen LogP contribution in [0.25, 0.3) is 0 Å². The SMILES string of the molecule is CCCOC1CC(c2ccccc2)CCC1NC. The van der Waals surface area contributed by atoms with Gasteiger partial charge in [-0.2, -0.15) is 0 Å². The highest BCUT2D eigenvalue weighted by atomic mass is 16.5. The molecule has 100 valence electrons. The summed E-state index contributed by atoms with van der Waals surface area (Å²) in [6.07, 6.45) is 5.10. The third-order valence-electron chi connectivity index (χ3n) is 3.97. The van der Waals surface area contributed by atoms with Crippen LogP contribution in [0.4, 0.5) is 0 Å². The number of likely N-dealkylation sites (N-methyl/N-ethyl adjacent to an activating group) is 1. The molecule has 0 aromatic heterocycles. The van der Waals surface area contributed by atoms with Gasteiger partial charge in [0.1, 0.15) is 0 Å². The van der Waals surface area contributed by atoms with Crippen molar-refractivity contribution in [2.24, 2.45) is 0 Å². The van der Waals surface area contributed by atoms with E-state index in [9.17, 15) is 0 Å². The molecule has 1 aliphatic carbocycles. The molecule has 0 amide bonds. The van der Waals surface area contributed by atoms with Gasteiger partial charge in [0.25, 0.3) is 0 Å². The quantitative estimate of drug-likeness (QED) is 0.861. The van der Waals surface area contributed by atoms with Crippen molar-refractivity contribution in [3.05, 3.63) is 35.9 Å². The first-order chi connectivity index (χ1) is 8.85.